The van der Waals surface area contributed by atoms with Gasteiger partial charge in [-0.2, -0.15) is 23.5 Å². The molecule has 90 heavy (non-hydrogen) atoms. The number of rotatable bonds is 22. The molecule has 0 N–H and O–H groups in total. The van der Waals surface area contributed by atoms with Crippen molar-refractivity contribution in [3.63, 3.8) is 0 Å². The minimum atomic E-state index is -1.23. The first-order valence-corrected chi connectivity index (χ1v) is 32.3. The van der Waals surface area contributed by atoms with Crippen molar-refractivity contribution in [2.75, 3.05) is 38.1 Å². The number of hydrogen-bond acceptors (Lipinski definition) is 12. The Balaban J connectivity index is 1.15. The molecule has 11 aromatic rings. The van der Waals surface area contributed by atoms with Crippen molar-refractivity contribution in [1.29, 1.82) is 0 Å². The summed E-state index contributed by atoms with van der Waals surface area (Å²) in [5.74, 6) is -0.756. The first kappa shape index (κ1) is 58.8. The molecule has 0 spiro atoms. The summed E-state index contributed by atoms with van der Waals surface area (Å²) < 4.78 is 28.4. The quantitative estimate of drug-likeness (QED) is 0.0361. The molecule has 2 heterocycles. The van der Waals surface area contributed by atoms with Crippen molar-refractivity contribution in [3.8, 4) is 46.0 Å². The molecule has 2 aliphatic rings. The summed E-state index contributed by atoms with van der Waals surface area (Å²) in [6.45, 7) is 0.448. The maximum absolute atomic E-state index is 16.1. The Hall–Kier alpha value is -10.2. The van der Waals surface area contributed by atoms with Crippen LogP contribution < -0.4 is 18.9 Å². The van der Waals surface area contributed by atoms with Crippen molar-refractivity contribution in [3.05, 3.63) is 240 Å². The highest BCUT2D eigenvalue weighted by Gasteiger charge is 2.47. The van der Waals surface area contributed by atoms with Crippen molar-refractivity contribution in [2.45, 2.75) is 38.0 Å². The summed E-state index contributed by atoms with van der Waals surface area (Å²) in [6.07, 6.45) is 4.12. The summed E-state index contributed by atoms with van der Waals surface area (Å²) in [5, 5.41) is 2.50. The van der Waals surface area contributed by atoms with Crippen LogP contribution in [0.3, 0.4) is 0 Å². The molecule has 0 saturated carbocycles. The van der Waals surface area contributed by atoms with Crippen LogP contribution in [0.1, 0.15) is 65.4 Å². The average Bonchev–Trinajstić information content (AvgIpc) is 0.674. The fourth-order valence-electron chi connectivity index (χ4n) is 12.5. The highest BCUT2D eigenvalue weighted by Crippen LogP contribution is 2.58. The van der Waals surface area contributed by atoms with Gasteiger partial charge in [0.05, 0.1) is 22.3 Å². The van der Waals surface area contributed by atoms with E-state index >= 15 is 28.8 Å². The van der Waals surface area contributed by atoms with E-state index in [0.717, 1.165) is 20.9 Å². The third-order valence-electron chi connectivity index (χ3n) is 16.5. The Morgan fingerprint density at radius 3 is 0.856 bits per heavy atom. The molecule has 6 amide bonds. The van der Waals surface area contributed by atoms with E-state index in [2.05, 4.69) is 0 Å². The summed E-state index contributed by atoms with van der Waals surface area (Å²) in [5.41, 5.74) is 2.01. The lowest BCUT2D eigenvalue weighted by atomic mass is 9.80. The van der Waals surface area contributed by atoms with Gasteiger partial charge in [0.25, 0.3) is 23.6 Å². The Labute approximate surface area is 528 Å². The molecule has 448 valence electrons. The molecule has 16 heteroatoms. The zero-order valence-electron chi connectivity index (χ0n) is 49.7. The van der Waals surface area contributed by atoms with Gasteiger partial charge in [-0.05, 0) is 121 Å². The van der Waals surface area contributed by atoms with E-state index in [1.54, 1.807) is 96.7 Å². The van der Waals surface area contributed by atoms with Crippen molar-refractivity contribution >= 4 is 102 Å². The van der Waals surface area contributed by atoms with Crippen LogP contribution in [-0.4, -0.2) is 105 Å². The third-order valence-corrected chi connectivity index (χ3v) is 17.8. The van der Waals surface area contributed by atoms with E-state index in [4.69, 9.17) is 18.9 Å². The topological polar surface area (TPSA) is 152 Å². The fourth-order valence-corrected chi connectivity index (χ4v) is 13.4. The zero-order chi connectivity index (χ0) is 62.2. The monoisotopic (exact) mass is 1230 g/mol. The van der Waals surface area contributed by atoms with Crippen LogP contribution in [-0.2, 0) is 22.7 Å². The van der Waals surface area contributed by atoms with Gasteiger partial charge in [-0.25, -0.2) is 0 Å². The van der Waals surface area contributed by atoms with Crippen LogP contribution in [0.2, 0.25) is 0 Å². The lowest BCUT2D eigenvalue weighted by Gasteiger charge is -2.37. The van der Waals surface area contributed by atoms with E-state index in [0.29, 0.717) is 66.8 Å². The van der Waals surface area contributed by atoms with Crippen LogP contribution in [0.4, 0.5) is 0 Å². The number of nitrogens with zero attached hydrogens (tertiary/aromatic N) is 4. The van der Waals surface area contributed by atoms with Crippen molar-refractivity contribution in [1.82, 2.24) is 19.6 Å². The molecular formula is C74H60N4O10S2. The lowest BCUT2D eigenvalue weighted by molar-refractivity contribution is -0.135. The number of likely N-dealkylation sites (N-methyl/N-ethyl adjacent to an activating group) is 2. The molecule has 14 nitrogen and oxygen atoms in total. The predicted molar refractivity (Wildman–Crippen MR) is 354 cm³/mol. The Bertz CT molecular complexity index is 4080. The largest absolute Gasteiger partial charge is 0.457 e. The molecule has 0 aliphatic carbocycles. The fraction of sp³-hybridized carbons (Fsp3) is 0.162. The number of amides is 6. The van der Waals surface area contributed by atoms with Gasteiger partial charge in [0.2, 0.25) is 11.8 Å². The van der Waals surface area contributed by atoms with Crippen LogP contribution in [0.15, 0.2) is 206 Å². The van der Waals surface area contributed by atoms with Gasteiger partial charge in [-0.3, -0.25) is 38.6 Å². The number of fused-ring (bicyclic) bond motifs is 2. The van der Waals surface area contributed by atoms with Gasteiger partial charge in [0.15, 0.2) is 0 Å². The Morgan fingerprint density at radius 2 is 0.611 bits per heavy atom. The molecule has 2 atom stereocenters. The van der Waals surface area contributed by atoms with Gasteiger partial charge < -0.3 is 28.7 Å². The van der Waals surface area contributed by atoms with E-state index in [-0.39, 0.29) is 82.0 Å². The molecule has 0 saturated heterocycles. The molecule has 0 bridgehead atoms. The highest BCUT2D eigenvalue weighted by atomic mass is 32.2. The second kappa shape index (κ2) is 25.1. The number of ether oxygens (including phenoxy) is 4. The van der Waals surface area contributed by atoms with E-state index in [1.807, 2.05) is 146 Å². The van der Waals surface area contributed by atoms with Crippen LogP contribution in [0.5, 0.6) is 46.0 Å². The summed E-state index contributed by atoms with van der Waals surface area (Å²) in [7, 11) is 3.34. The number of carbonyl (C=O) groups is 6. The second-order valence-corrected chi connectivity index (χ2v) is 24.2. The highest BCUT2D eigenvalue weighted by molar-refractivity contribution is 7.98. The van der Waals surface area contributed by atoms with Gasteiger partial charge in [-0.1, -0.05) is 133 Å². The van der Waals surface area contributed by atoms with Gasteiger partial charge in [0, 0.05) is 70.3 Å². The molecule has 0 aromatic heterocycles. The van der Waals surface area contributed by atoms with E-state index in [1.165, 1.54) is 23.5 Å². The molecule has 0 fully saturated rings. The molecular weight excluding hydrogens is 1170 g/mol. The molecule has 2 unspecified atom stereocenters. The third kappa shape index (κ3) is 10.8. The minimum absolute atomic E-state index is 0.0683. The predicted octanol–water partition coefficient (Wildman–Crippen LogP) is 15.7. The van der Waals surface area contributed by atoms with Crippen molar-refractivity contribution in [2.24, 2.45) is 0 Å². The number of hydrogen-bond donors (Lipinski definition) is 0. The summed E-state index contributed by atoms with van der Waals surface area (Å²) in [6, 6.07) is 59.1. The van der Waals surface area contributed by atoms with Crippen LogP contribution in [0.25, 0.3) is 43.1 Å². The number of para-hydroxylation sites is 4. The van der Waals surface area contributed by atoms with Crippen LogP contribution in [0, 0.1) is 0 Å². The Morgan fingerprint density at radius 1 is 0.367 bits per heavy atom. The molecule has 11 aromatic carbocycles. The standard InChI is InChI=1S/C74H60N4O10S2/c1-75(43-45-23-11-5-12-24-45)73(83)55(35-37-89-3)77-69(79)51-39-57(85-47-27-15-7-16-28-47)63-65-59(87-49-31-19-9-20-32-49)41-53-62-54(72(82)78(71(53)81)56(36-38-90-4)74(84)76(2)44-46-25-13-6-14-26-46)42-60(88-50-33-21-10-22-34-50)66(68(62)65)64-58(86-48-29-17-8-18-30-48)40-52(70(77)80)61(51)67(63)64/h5-34,39-42,55-56H,35-38,43-44H2,1-4H3. The molecule has 13 rings (SSSR count). The zero-order valence-corrected chi connectivity index (χ0v) is 51.3. The number of benzene rings is 11. The summed E-state index contributed by atoms with van der Waals surface area (Å²) in [4.78, 5) is 99.8. The average molecular weight is 1230 g/mol. The second-order valence-electron chi connectivity index (χ2n) is 22.3. The maximum Gasteiger partial charge on any atom is 0.262 e. The normalized spacial score (nSPS) is 13.5. The van der Waals surface area contributed by atoms with E-state index in [9.17, 15) is 0 Å². The number of thioether (sulfide) groups is 2. The minimum Gasteiger partial charge on any atom is -0.457 e. The number of carbonyl (C=O) groups excluding carboxylic acids is 6. The smallest absolute Gasteiger partial charge is 0.262 e. The van der Waals surface area contributed by atoms with Crippen LogP contribution >= 0.6 is 23.5 Å². The molecule has 0 radical (unpaired) electrons. The lowest BCUT2D eigenvalue weighted by Crippen LogP contribution is -2.54. The molecule has 2 aliphatic heterocycles. The van der Waals surface area contributed by atoms with Gasteiger partial charge in [0.1, 0.15) is 58.1 Å². The van der Waals surface area contributed by atoms with Gasteiger partial charge in [-0.15, -0.1) is 0 Å². The summed E-state index contributed by atoms with van der Waals surface area (Å²) >= 11 is 2.99. The van der Waals surface area contributed by atoms with Crippen molar-refractivity contribution < 1.29 is 47.7 Å². The first-order chi connectivity index (χ1) is 43.9. The first-order valence-electron chi connectivity index (χ1n) is 29.5. The van der Waals surface area contributed by atoms with Gasteiger partial charge >= 0.3 is 0 Å². The van der Waals surface area contributed by atoms with E-state index < -0.39 is 47.5 Å². The number of imide groups is 2. The SMILES string of the molecule is CSCCC(C(=O)N(C)Cc1ccccc1)N1C(=O)c2cc(Oc3ccccc3)c3c4c(Oc5ccccc5)cc5c6c(cc(Oc7ccccc7)c(c7c(Oc8ccccc8)cc(c2c37)C1=O)c64)C(=O)N(C(CCSC)C(=O)N(C)Cc1ccccc1)C5=O. The maximum atomic E-state index is 16.1. The Kier molecular flexibility index (Phi) is 16.4.